The van der Waals surface area contributed by atoms with Crippen molar-refractivity contribution < 1.29 is 23.8 Å². The van der Waals surface area contributed by atoms with Gasteiger partial charge in [0, 0.05) is 0 Å². The van der Waals surface area contributed by atoms with Crippen LogP contribution in [-0.2, 0) is 14.3 Å². The summed E-state index contributed by atoms with van der Waals surface area (Å²) < 4.78 is 24.2. The Bertz CT molecular complexity index is 274. The lowest BCUT2D eigenvalue weighted by atomic mass is 9.84. The Morgan fingerprint density at radius 2 is 2.06 bits per heavy atom. The maximum Gasteiger partial charge on any atom is 0.332 e. The molecule has 4 atom stereocenters. The molecular weight excluding hydrogens is 227 g/mol. The highest BCUT2D eigenvalue weighted by Gasteiger charge is 2.38. The SMILES string of the molecule is C[C@H](O[C@H]1O[C@H](C(C)(C)C)CC[C@H]1F)C(=O)O. The molecular formula is C12H21FO4. The molecule has 5 heteroatoms. The van der Waals surface area contributed by atoms with E-state index < -0.39 is 24.5 Å². The maximum absolute atomic E-state index is 13.6. The Morgan fingerprint density at radius 3 is 2.53 bits per heavy atom. The molecule has 0 bridgehead atoms. The van der Waals surface area contributed by atoms with Gasteiger partial charge in [-0.25, -0.2) is 9.18 Å². The van der Waals surface area contributed by atoms with Crippen LogP contribution in [0.2, 0.25) is 0 Å². The molecule has 0 aliphatic carbocycles. The summed E-state index contributed by atoms with van der Waals surface area (Å²) in [4.78, 5) is 10.7. The third-order valence-corrected chi connectivity index (χ3v) is 2.95. The van der Waals surface area contributed by atoms with Gasteiger partial charge in [-0.3, -0.25) is 0 Å². The van der Waals surface area contributed by atoms with Crippen LogP contribution in [0.4, 0.5) is 4.39 Å². The zero-order chi connectivity index (χ0) is 13.2. The van der Waals surface area contributed by atoms with Crippen molar-refractivity contribution in [2.24, 2.45) is 5.41 Å². The highest BCUT2D eigenvalue weighted by atomic mass is 19.1. The van der Waals surface area contributed by atoms with Gasteiger partial charge in [-0.2, -0.15) is 0 Å². The molecule has 1 aliphatic rings. The van der Waals surface area contributed by atoms with Gasteiger partial charge in [-0.15, -0.1) is 0 Å². The van der Waals surface area contributed by atoms with Gasteiger partial charge >= 0.3 is 5.97 Å². The van der Waals surface area contributed by atoms with Gasteiger partial charge in [-0.05, 0) is 25.2 Å². The smallest absolute Gasteiger partial charge is 0.332 e. The standard InChI is InChI=1S/C12H21FO4/c1-7(10(14)15)16-11-8(13)5-6-9(17-11)12(2,3)4/h7-9,11H,5-6H2,1-4H3,(H,14,15)/t7-,8+,9-,11-/m0/s1. The molecule has 0 radical (unpaired) electrons. The molecule has 17 heavy (non-hydrogen) atoms. The van der Waals surface area contributed by atoms with E-state index in [0.29, 0.717) is 12.8 Å². The summed E-state index contributed by atoms with van der Waals surface area (Å²) >= 11 is 0. The quantitative estimate of drug-likeness (QED) is 0.833. The zero-order valence-electron chi connectivity index (χ0n) is 10.8. The lowest BCUT2D eigenvalue weighted by molar-refractivity contribution is -0.256. The predicted molar refractivity (Wildman–Crippen MR) is 60.4 cm³/mol. The molecule has 1 rings (SSSR count). The van der Waals surface area contributed by atoms with Crippen LogP contribution in [0.3, 0.4) is 0 Å². The summed E-state index contributed by atoms with van der Waals surface area (Å²) in [6, 6.07) is 0. The van der Waals surface area contributed by atoms with E-state index in [-0.39, 0.29) is 11.5 Å². The van der Waals surface area contributed by atoms with Crippen LogP contribution >= 0.6 is 0 Å². The van der Waals surface area contributed by atoms with Gasteiger partial charge in [0.2, 0.25) is 0 Å². The molecule has 0 unspecified atom stereocenters. The molecule has 100 valence electrons. The van der Waals surface area contributed by atoms with Crippen LogP contribution in [0.15, 0.2) is 0 Å². The number of hydrogen-bond donors (Lipinski definition) is 1. The Kier molecular flexibility index (Phi) is 4.49. The Hall–Kier alpha value is -0.680. The highest BCUT2D eigenvalue weighted by molar-refractivity contribution is 5.71. The van der Waals surface area contributed by atoms with Crippen molar-refractivity contribution in [3.8, 4) is 0 Å². The largest absolute Gasteiger partial charge is 0.479 e. The fourth-order valence-electron chi connectivity index (χ4n) is 1.78. The lowest BCUT2D eigenvalue weighted by Crippen LogP contribution is -2.45. The van der Waals surface area contributed by atoms with Crippen LogP contribution in [0.5, 0.6) is 0 Å². The number of ether oxygens (including phenoxy) is 2. The Balaban J connectivity index is 2.61. The first kappa shape index (κ1) is 14.4. The van der Waals surface area contributed by atoms with E-state index in [4.69, 9.17) is 14.6 Å². The number of halogens is 1. The number of carbonyl (C=O) groups is 1. The molecule has 0 aromatic heterocycles. The molecule has 0 spiro atoms. The molecule has 1 heterocycles. The normalized spacial score (nSPS) is 32.2. The van der Waals surface area contributed by atoms with E-state index in [2.05, 4.69) is 0 Å². The van der Waals surface area contributed by atoms with Gasteiger partial charge in [0.1, 0.15) is 0 Å². The third-order valence-electron chi connectivity index (χ3n) is 2.95. The number of alkyl halides is 1. The van der Waals surface area contributed by atoms with E-state index >= 15 is 0 Å². The Labute approximate surface area is 101 Å². The number of rotatable bonds is 3. The molecule has 0 aromatic carbocycles. The van der Waals surface area contributed by atoms with Crippen molar-refractivity contribution >= 4 is 5.97 Å². The monoisotopic (exact) mass is 248 g/mol. The lowest BCUT2D eigenvalue weighted by Gasteiger charge is -2.39. The molecule has 0 amide bonds. The maximum atomic E-state index is 13.6. The molecule has 4 nitrogen and oxygen atoms in total. The molecule has 1 aliphatic heterocycles. The molecule has 0 saturated carbocycles. The van der Waals surface area contributed by atoms with E-state index in [1.165, 1.54) is 6.92 Å². The summed E-state index contributed by atoms with van der Waals surface area (Å²) in [6.45, 7) is 7.40. The van der Waals surface area contributed by atoms with Crippen LogP contribution < -0.4 is 0 Å². The minimum absolute atomic E-state index is 0.103. The van der Waals surface area contributed by atoms with Crippen LogP contribution in [0.25, 0.3) is 0 Å². The molecule has 1 fully saturated rings. The second-order valence-corrected chi connectivity index (χ2v) is 5.57. The summed E-state index contributed by atoms with van der Waals surface area (Å²) in [5.41, 5.74) is -0.103. The second kappa shape index (κ2) is 5.31. The van der Waals surface area contributed by atoms with Crippen molar-refractivity contribution in [2.45, 2.75) is 65.2 Å². The minimum atomic E-state index is -1.25. The minimum Gasteiger partial charge on any atom is -0.479 e. The first-order chi connectivity index (χ1) is 7.71. The van der Waals surface area contributed by atoms with Gasteiger partial charge in [0.25, 0.3) is 0 Å². The summed E-state index contributed by atoms with van der Waals surface area (Å²) in [6.07, 6.45) is -2.52. The summed E-state index contributed by atoms with van der Waals surface area (Å²) in [7, 11) is 0. The molecule has 1 saturated heterocycles. The van der Waals surface area contributed by atoms with E-state index in [9.17, 15) is 9.18 Å². The highest BCUT2D eigenvalue weighted by Crippen LogP contribution is 2.34. The molecule has 1 N–H and O–H groups in total. The van der Waals surface area contributed by atoms with Gasteiger partial charge in [0.05, 0.1) is 6.10 Å². The average molecular weight is 248 g/mol. The first-order valence-corrected chi connectivity index (χ1v) is 5.89. The van der Waals surface area contributed by atoms with Crippen LogP contribution in [-0.4, -0.2) is 35.7 Å². The van der Waals surface area contributed by atoms with Crippen molar-refractivity contribution in [1.29, 1.82) is 0 Å². The van der Waals surface area contributed by atoms with E-state index in [1.54, 1.807) is 0 Å². The van der Waals surface area contributed by atoms with Crippen molar-refractivity contribution in [2.75, 3.05) is 0 Å². The van der Waals surface area contributed by atoms with Crippen molar-refractivity contribution in [3.63, 3.8) is 0 Å². The van der Waals surface area contributed by atoms with Crippen molar-refractivity contribution in [3.05, 3.63) is 0 Å². The van der Waals surface area contributed by atoms with E-state index in [0.717, 1.165) is 0 Å². The predicted octanol–water partition coefficient (Wildman–Crippen LogP) is 2.37. The zero-order valence-corrected chi connectivity index (χ0v) is 10.8. The summed E-state index contributed by atoms with van der Waals surface area (Å²) in [5, 5.41) is 8.72. The summed E-state index contributed by atoms with van der Waals surface area (Å²) in [5.74, 6) is -1.11. The second-order valence-electron chi connectivity index (χ2n) is 5.57. The van der Waals surface area contributed by atoms with Gasteiger partial charge < -0.3 is 14.6 Å². The third kappa shape index (κ3) is 3.92. The van der Waals surface area contributed by atoms with Gasteiger partial charge in [-0.1, -0.05) is 20.8 Å². The van der Waals surface area contributed by atoms with Crippen LogP contribution in [0, 0.1) is 5.41 Å². The number of aliphatic carboxylic acids is 1. The van der Waals surface area contributed by atoms with Crippen molar-refractivity contribution in [1.82, 2.24) is 0 Å². The number of hydrogen-bond acceptors (Lipinski definition) is 3. The fourth-order valence-corrected chi connectivity index (χ4v) is 1.78. The number of carboxylic acids is 1. The molecule has 0 aromatic rings. The van der Waals surface area contributed by atoms with E-state index in [1.807, 2.05) is 20.8 Å². The van der Waals surface area contributed by atoms with Gasteiger partial charge in [0.15, 0.2) is 18.6 Å². The topological polar surface area (TPSA) is 55.8 Å². The fraction of sp³-hybridized carbons (Fsp3) is 0.917. The average Bonchev–Trinajstić information content (AvgIpc) is 2.19. The first-order valence-electron chi connectivity index (χ1n) is 5.89. The number of carboxylic acid groups (broad SMARTS) is 1. The van der Waals surface area contributed by atoms with Crippen LogP contribution in [0.1, 0.15) is 40.5 Å². The Morgan fingerprint density at radius 1 is 1.47 bits per heavy atom.